The smallest absolute Gasteiger partial charge is 0.436 e. The molecule has 1 saturated heterocycles. The number of amides is 1. The van der Waals surface area contributed by atoms with Gasteiger partial charge in [0.2, 0.25) is 5.76 Å². The number of allylic oxidation sites excluding steroid dienone is 1. The average molecular weight is 381 g/mol. The molecule has 1 aliphatic heterocycles. The molecule has 0 N–H and O–H groups in total. The first-order valence-electron chi connectivity index (χ1n) is 8.40. The number of alkyl halides is 3. The zero-order chi connectivity index (χ0) is 20.2. The quantitative estimate of drug-likeness (QED) is 0.745. The number of nitriles is 1. The highest BCUT2D eigenvalue weighted by Crippen LogP contribution is 2.48. The normalized spacial score (nSPS) is 24.9. The van der Waals surface area contributed by atoms with E-state index in [1.807, 2.05) is 6.07 Å². The molecule has 0 bridgehead atoms. The zero-order valence-corrected chi connectivity index (χ0v) is 15.1. The van der Waals surface area contributed by atoms with E-state index in [0.29, 0.717) is 12.8 Å². The maximum atomic E-state index is 13.1. The molecule has 1 aliphatic carbocycles. The van der Waals surface area contributed by atoms with Crippen molar-refractivity contribution in [1.29, 1.82) is 5.26 Å². The van der Waals surface area contributed by atoms with Crippen molar-refractivity contribution in [3.8, 4) is 6.07 Å². The summed E-state index contributed by atoms with van der Waals surface area (Å²) in [7, 11) is 0. The van der Waals surface area contributed by atoms with Crippen LogP contribution >= 0.6 is 0 Å². The molecule has 2 aliphatic rings. The minimum Gasteiger partial charge on any atom is -0.436 e. The lowest BCUT2D eigenvalue weighted by Gasteiger charge is -2.38. The van der Waals surface area contributed by atoms with Crippen LogP contribution in [-0.2, 0) is 11.0 Å². The van der Waals surface area contributed by atoms with E-state index in [4.69, 9.17) is 0 Å². The van der Waals surface area contributed by atoms with Gasteiger partial charge in [-0.2, -0.15) is 18.4 Å². The first kappa shape index (κ1) is 19.1. The fourth-order valence-electron chi connectivity index (χ4n) is 4.08. The fourth-order valence-corrected chi connectivity index (χ4v) is 4.08. The lowest BCUT2D eigenvalue weighted by molar-refractivity contribution is -0.153. The molecule has 0 radical (unpaired) electrons. The van der Waals surface area contributed by atoms with Crippen molar-refractivity contribution in [1.82, 2.24) is 9.88 Å². The van der Waals surface area contributed by atoms with Gasteiger partial charge in [-0.25, -0.2) is 4.98 Å². The second-order valence-electron chi connectivity index (χ2n) is 7.81. The molecule has 9 heteroatoms. The molecule has 1 atom stereocenters. The van der Waals surface area contributed by atoms with E-state index < -0.39 is 34.4 Å². The molecule has 6 nitrogen and oxygen atoms in total. The van der Waals surface area contributed by atoms with Gasteiger partial charge < -0.3 is 9.32 Å². The summed E-state index contributed by atoms with van der Waals surface area (Å²) in [6.45, 7) is 5.04. The predicted molar refractivity (Wildman–Crippen MR) is 86.3 cm³/mol. The van der Waals surface area contributed by atoms with E-state index in [2.05, 4.69) is 9.40 Å². The number of carbonyl (C=O) groups excluding carboxylic acids is 2. The third-order valence-corrected chi connectivity index (χ3v) is 5.09. The third kappa shape index (κ3) is 3.24. The SMILES string of the molecule is Cc1nc(C(=O)N2CC[C@@]3(C=C(C#N)C(=O)C(C)(C)C3)C2)c(C(F)(F)F)o1. The number of Topliss-reactive ketones (excluding diaryl/α,β-unsaturated/α-hetero) is 1. The van der Waals surface area contributed by atoms with Crippen LogP contribution in [0.15, 0.2) is 16.1 Å². The van der Waals surface area contributed by atoms with Gasteiger partial charge in [-0.05, 0) is 12.8 Å². The highest BCUT2D eigenvalue weighted by atomic mass is 19.4. The van der Waals surface area contributed by atoms with Crippen molar-refractivity contribution in [2.75, 3.05) is 13.1 Å². The standard InChI is InChI=1S/C18H18F3N3O3/c1-10-23-12(14(27-10)18(19,20)21)15(26)24-5-4-17(9-24)6-11(7-22)13(25)16(2,3)8-17/h6H,4-5,8-9H2,1-3H3/t17-/m0/s1. The van der Waals surface area contributed by atoms with Crippen molar-refractivity contribution in [3.63, 3.8) is 0 Å². The second kappa shape index (κ2) is 5.94. The van der Waals surface area contributed by atoms with Gasteiger partial charge in [0.15, 0.2) is 17.4 Å². The van der Waals surface area contributed by atoms with Crippen molar-refractivity contribution in [2.45, 2.75) is 39.8 Å². The van der Waals surface area contributed by atoms with Gasteiger partial charge >= 0.3 is 6.18 Å². The van der Waals surface area contributed by atoms with Crippen molar-refractivity contribution >= 4 is 11.7 Å². The highest BCUT2D eigenvalue weighted by Gasteiger charge is 2.50. The van der Waals surface area contributed by atoms with Crippen LogP contribution in [0.5, 0.6) is 0 Å². The molecule has 1 aromatic heterocycles. The van der Waals surface area contributed by atoms with E-state index in [-0.39, 0.29) is 30.3 Å². The topological polar surface area (TPSA) is 87.2 Å². The van der Waals surface area contributed by atoms with Gasteiger partial charge in [0.05, 0.1) is 5.57 Å². The first-order valence-corrected chi connectivity index (χ1v) is 8.40. The number of aromatic nitrogens is 1. The van der Waals surface area contributed by atoms with Gasteiger partial charge in [-0.1, -0.05) is 19.9 Å². The predicted octanol–water partition coefficient (Wildman–Crippen LogP) is 3.28. The van der Waals surface area contributed by atoms with Crippen LogP contribution in [0.4, 0.5) is 13.2 Å². The van der Waals surface area contributed by atoms with Crippen LogP contribution in [-0.4, -0.2) is 34.7 Å². The number of halogens is 3. The molecular formula is C18H18F3N3O3. The van der Waals surface area contributed by atoms with Gasteiger partial charge in [0.1, 0.15) is 6.07 Å². The molecular weight excluding hydrogens is 363 g/mol. The number of ketones is 1. The molecule has 27 heavy (non-hydrogen) atoms. The van der Waals surface area contributed by atoms with Crippen molar-refractivity contribution in [3.05, 3.63) is 29.0 Å². The molecule has 1 spiro atoms. The van der Waals surface area contributed by atoms with Crippen LogP contribution in [0.3, 0.4) is 0 Å². The Kier molecular flexibility index (Phi) is 4.21. The first-order chi connectivity index (χ1) is 12.4. The Bertz CT molecular complexity index is 892. The Morgan fingerprint density at radius 3 is 2.67 bits per heavy atom. The summed E-state index contributed by atoms with van der Waals surface area (Å²) in [5.74, 6) is -2.77. The molecule has 2 heterocycles. The van der Waals surface area contributed by atoms with Crippen LogP contribution in [0.25, 0.3) is 0 Å². The number of hydrogen-bond acceptors (Lipinski definition) is 5. The minimum absolute atomic E-state index is 0.0359. The van der Waals surface area contributed by atoms with Crippen LogP contribution in [0.2, 0.25) is 0 Å². The zero-order valence-electron chi connectivity index (χ0n) is 15.1. The lowest BCUT2D eigenvalue weighted by Crippen LogP contribution is -2.41. The Morgan fingerprint density at radius 1 is 1.41 bits per heavy atom. The molecule has 1 aromatic rings. The van der Waals surface area contributed by atoms with Gasteiger partial charge in [0, 0.05) is 30.8 Å². The molecule has 1 fully saturated rings. The molecule has 3 rings (SSSR count). The third-order valence-electron chi connectivity index (χ3n) is 5.09. The van der Waals surface area contributed by atoms with E-state index >= 15 is 0 Å². The number of rotatable bonds is 1. The molecule has 0 saturated carbocycles. The Morgan fingerprint density at radius 2 is 2.07 bits per heavy atom. The molecule has 1 amide bonds. The van der Waals surface area contributed by atoms with Crippen molar-refractivity contribution < 1.29 is 27.2 Å². The lowest BCUT2D eigenvalue weighted by atomic mass is 9.64. The summed E-state index contributed by atoms with van der Waals surface area (Å²) >= 11 is 0. The van der Waals surface area contributed by atoms with Crippen molar-refractivity contribution in [2.24, 2.45) is 10.8 Å². The number of oxazole rings is 1. The average Bonchev–Trinajstić information content (AvgIpc) is 3.14. The Balaban J connectivity index is 1.91. The highest BCUT2D eigenvalue weighted by molar-refractivity contribution is 6.03. The maximum Gasteiger partial charge on any atom is 0.452 e. The van der Waals surface area contributed by atoms with Crippen LogP contribution in [0, 0.1) is 29.1 Å². The molecule has 0 aromatic carbocycles. The minimum atomic E-state index is -4.82. The monoisotopic (exact) mass is 381 g/mol. The maximum absolute atomic E-state index is 13.1. The number of carbonyl (C=O) groups is 2. The summed E-state index contributed by atoms with van der Waals surface area (Å²) < 4.78 is 43.9. The Hall–Kier alpha value is -2.63. The summed E-state index contributed by atoms with van der Waals surface area (Å²) in [6.07, 6.45) is -2.38. The van der Waals surface area contributed by atoms with E-state index in [1.54, 1.807) is 19.9 Å². The summed E-state index contributed by atoms with van der Waals surface area (Å²) in [4.78, 5) is 29.9. The number of hydrogen-bond donors (Lipinski definition) is 0. The van der Waals surface area contributed by atoms with E-state index in [1.165, 1.54) is 11.8 Å². The van der Waals surface area contributed by atoms with Gasteiger partial charge in [-0.3, -0.25) is 9.59 Å². The second-order valence-corrected chi connectivity index (χ2v) is 7.81. The van der Waals surface area contributed by atoms with Gasteiger partial charge in [0.25, 0.3) is 5.91 Å². The van der Waals surface area contributed by atoms with E-state index in [0.717, 1.165) is 0 Å². The number of nitrogens with zero attached hydrogens (tertiary/aromatic N) is 3. The van der Waals surface area contributed by atoms with Crippen LogP contribution in [0.1, 0.15) is 48.8 Å². The summed E-state index contributed by atoms with van der Waals surface area (Å²) in [5.41, 5.74) is -2.11. The van der Waals surface area contributed by atoms with E-state index in [9.17, 15) is 28.0 Å². The molecule has 144 valence electrons. The summed E-state index contributed by atoms with van der Waals surface area (Å²) in [5, 5.41) is 9.25. The molecule has 0 unspecified atom stereocenters. The van der Waals surface area contributed by atoms with Gasteiger partial charge in [-0.15, -0.1) is 0 Å². The fraction of sp³-hybridized carbons (Fsp3) is 0.556. The van der Waals surface area contributed by atoms with Crippen LogP contribution < -0.4 is 0 Å². The Labute approximate surface area is 153 Å². The number of likely N-dealkylation sites (tertiary alicyclic amines) is 1. The summed E-state index contributed by atoms with van der Waals surface area (Å²) in [6, 6.07) is 1.90. The number of aryl methyl sites for hydroxylation is 1. The largest absolute Gasteiger partial charge is 0.452 e.